The number of rotatable bonds is 15. The maximum Gasteiger partial charge on any atom is 0.307 e. The van der Waals surface area contributed by atoms with Crippen molar-refractivity contribution in [3.63, 3.8) is 0 Å². The average Bonchev–Trinajstić information content (AvgIpc) is 4.04. The van der Waals surface area contributed by atoms with Gasteiger partial charge in [0.1, 0.15) is 47.1 Å². The lowest BCUT2D eigenvalue weighted by molar-refractivity contribution is -0.138. The monoisotopic (exact) mass is 955 g/mol. The van der Waals surface area contributed by atoms with Crippen molar-refractivity contribution >= 4 is 50.7 Å². The van der Waals surface area contributed by atoms with Gasteiger partial charge < -0.3 is 34.3 Å². The van der Waals surface area contributed by atoms with Gasteiger partial charge in [-0.2, -0.15) is 0 Å². The van der Waals surface area contributed by atoms with Crippen LogP contribution in [0.15, 0.2) is 71.9 Å². The number of H-pyrrole nitrogens is 1. The Morgan fingerprint density at radius 3 is 2.39 bits per heavy atom. The first kappa shape index (κ1) is 46.0. The Morgan fingerprint density at radius 1 is 0.970 bits per heavy atom. The van der Waals surface area contributed by atoms with Crippen LogP contribution in [0.3, 0.4) is 0 Å². The van der Waals surface area contributed by atoms with Gasteiger partial charge in [0.25, 0.3) is 5.56 Å². The topological polar surface area (TPSA) is 150 Å². The van der Waals surface area contributed by atoms with Gasteiger partial charge in [-0.1, -0.05) is 54.6 Å². The fourth-order valence-electron chi connectivity index (χ4n) is 9.42. The Bertz CT molecular complexity index is 2800. The maximum atomic E-state index is 14.1. The summed E-state index contributed by atoms with van der Waals surface area (Å²) in [5.41, 5.74) is 4.26. The number of halogens is 3. The third-order valence-electron chi connectivity index (χ3n) is 13.3. The van der Waals surface area contributed by atoms with Gasteiger partial charge in [0.05, 0.1) is 33.4 Å². The van der Waals surface area contributed by atoms with Crippen molar-refractivity contribution in [2.24, 2.45) is 5.92 Å². The van der Waals surface area contributed by atoms with Gasteiger partial charge in [-0.25, -0.2) is 9.37 Å². The van der Waals surface area contributed by atoms with Gasteiger partial charge in [0.2, 0.25) is 0 Å². The summed E-state index contributed by atoms with van der Waals surface area (Å²) >= 11 is 15.9. The van der Waals surface area contributed by atoms with Crippen LogP contribution in [-0.4, -0.2) is 93.4 Å². The number of thiophene rings is 1. The normalized spacial score (nSPS) is 19.1. The van der Waals surface area contributed by atoms with Crippen LogP contribution < -0.4 is 19.8 Å². The Morgan fingerprint density at radius 2 is 1.70 bits per heavy atom. The number of carboxylic acids is 1. The van der Waals surface area contributed by atoms with Gasteiger partial charge in [-0.15, -0.1) is 11.3 Å². The number of carbonyl (C=O) groups is 1. The summed E-state index contributed by atoms with van der Waals surface area (Å²) in [6.45, 7) is 7.98. The zero-order valence-electron chi connectivity index (χ0n) is 37.0. The van der Waals surface area contributed by atoms with Crippen LogP contribution in [-0.2, 0) is 17.0 Å². The number of ether oxygens (including phenoxy) is 3. The molecular formula is C50H52Cl2FN5O7S. The Balaban J connectivity index is 1.00. The minimum Gasteiger partial charge on any atom is -0.490 e. The standard InChI is InChI=1S/C50H52Cl2FN5O7S/c1-28-40(41-42-47(59)55-27-56-48(42)66-46(41)31-7-9-32(53)10-8-31)29(2)44(52)45(43(28)51)65-34(24-58-19-17-57(3)18-20-58)26-63-33-11-12-38(36(22-33)35-23-37(35)49(60)61)64-25-30-13-16-54-39(21-30)50(62)14-5-4-6-15-50/h7-13,16,21-22,27,34-35,37,62H,4-6,14-15,17-20,23-26H2,1-3H3,(H,60,61)(H,55,56,59)/t34-,35?,37-/m1/s1. The molecule has 6 aromatic rings. The summed E-state index contributed by atoms with van der Waals surface area (Å²) in [5.74, 6) is -0.623. The lowest BCUT2D eigenvalue weighted by Crippen LogP contribution is -2.49. The number of aromatic amines is 1. The molecule has 16 heteroatoms. The second kappa shape index (κ2) is 19.3. The quantitative estimate of drug-likeness (QED) is 0.0903. The number of benzene rings is 3. The predicted octanol–water partition coefficient (Wildman–Crippen LogP) is 9.77. The van der Waals surface area contributed by atoms with Gasteiger partial charge >= 0.3 is 5.97 Å². The molecule has 0 spiro atoms. The van der Waals surface area contributed by atoms with E-state index in [1.54, 1.807) is 18.3 Å². The molecule has 3 atom stereocenters. The number of nitrogens with zero attached hydrogens (tertiary/aromatic N) is 4. The lowest BCUT2D eigenvalue weighted by Gasteiger charge is -2.35. The van der Waals surface area contributed by atoms with E-state index in [1.165, 1.54) is 29.8 Å². The van der Waals surface area contributed by atoms with E-state index in [4.69, 9.17) is 37.4 Å². The number of fused-ring (bicyclic) bond motifs is 1. The van der Waals surface area contributed by atoms with E-state index in [0.29, 0.717) is 81.0 Å². The van der Waals surface area contributed by atoms with Crippen LogP contribution in [0.25, 0.3) is 31.8 Å². The molecule has 3 aromatic heterocycles. The predicted molar refractivity (Wildman–Crippen MR) is 255 cm³/mol. The molecule has 1 saturated heterocycles. The number of hydrogen-bond donors (Lipinski definition) is 3. The molecule has 0 amide bonds. The van der Waals surface area contributed by atoms with E-state index in [0.717, 1.165) is 61.4 Å². The molecule has 1 unspecified atom stereocenters. The van der Waals surface area contributed by atoms with Crippen molar-refractivity contribution in [3.8, 4) is 38.8 Å². The number of piperazine rings is 1. The molecule has 3 N–H and O–H groups in total. The number of carboxylic acid groups (broad SMARTS) is 1. The van der Waals surface area contributed by atoms with E-state index in [2.05, 4.69) is 31.8 Å². The van der Waals surface area contributed by atoms with Crippen molar-refractivity contribution in [2.75, 3.05) is 46.4 Å². The molecule has 12 nitrogen and oxygen atoms in total. The van der Waals surface area contributed by atoms with E-state index >= 15 is 0 Å². The van der Waals surface area contributed by atoms with Gasteiger partial charge in [0, 0.05) is 60.8 Å². The van der Waals surface area contributed by atoms with Gasteiger partial charge in [-0.3, -0.25) is 19.5 Å². The summed E-state index contributed by atoms with van der Waals surface area (Å²) in [7, 11) is 2.10. The fourth-order valence-corrected chi connectivity index (χ4v) is 11.1. The molecule has 3 aromatic carbocycles. The number of aliphatic carboxylic acids is 1. The number of likely N-dealkylation sites (N-methyl/N-ethyl adjacent to an activating group) is 1. The molecule has 66 heavy (non-hydrogen) atoms. The number of aliphatic hydroxyl groups is 1. The van der Waals surface area contributed by atoms with E-state index in [9.17, 15) is 24.2 Å². The summed E-state index contributed by atoms with van der Waals surface area (Å²) < 4.78 is 33.8. The maximum absolute atomic E-state index is 14.1. The molecule has 1 aliphatic heterocycles. The third kappa shape index (κ3) is 9.54. The second-order valence-corrected chi connectivity index (χ2v) is 19.6. The molecule has 3 fully saturated rings. The van der Waals surface area contributed by atoms with Crippen molar-refractivity contribution in [1.29, 1.82) is 0 Å². The minimum absolute atomic E-state index is 0.110. The molecular weight excluding hydrogens is 905 g/mol. The number of nitrogens with one attached hydrogen (secondary N) is 1. The lowest BCUT2D eigenvalue weighted by atomic mass is 9.82. The highest BCUT2D eigenvalue weighted by Gasteiger charge is 2.46. The summed E-state index contributed by atoms with van der Waals surface area (Å²) in [6, 6.07) is 15.4. The minimum atomic E-state index is -0.944. The molecule has 0 bridgehead atoms. The first-order valence-electron chi connectivity index (χ1n) is 22.4. The SMILES string of the molecule is Cc1c(Cl)c(O[C@@H](COc2ccc(OCc3ccnc(C4(O)CCCCC4)c3)c(C3C[C@H]3C(=O)O)c2)CN2CCN(C)CC2)c(Cl)c(C)c1-c1c(-c2ccc(F)cc2)sc2nc[nH]c(=O)c12. The van der Waals surface area contributed by atoms with Crippen LogP contribution in [0, 0.1) is 25.6 Å². The molecule has 2 saturated carbocycles. The third-order valence-corrected chi connectivity index (χ3v) is 15.4. The number of aromatic nitrogens is 3. The number of pyridine rings is 1. The molecule has 9 rings (SSSR count). The molecule has 3 aliphatic rings. The Labute approximate surface area is 396 Å². The zero-order chi connectivity index (χ0) is 46.3. The molecule has 0 radical (unpaired) electrons. The Hall–Kier alpha value is -5.09. The molecule has 2 aliphatic carbocycles. The van der Waals surface area contributed by atoms with E-state index in [1.807, 2.05) is 44.2 Å². The summed E-state index contributed by atoms with van der Waals surface area (Å²) in [4.78, 5) is 43.1. The van der Waals surface area contributed by atoms with Gasteiger partial charge in [0.15, 0.2) is 5.75 Å². The number of hydrogen-bond acceptors (Lipinski definition) is 11. The molecule has 4 heterocycles. The van der Waals surface area contributed by atoms with Crippen LogP contribution in [0.5, 0.6) is 17.2 Å². The summed E-state index contributed by atoms with van der Waals surface area (Å²) in [6.07, 6.45) is 7.37. The van der Waals surface area contributed by atoms with Crippen molar-refractivity contribution in [3.05, 3.63) is 121 Å². The van der Waals surface area contributed by atoms with Crippen molar-refractivity contribution in [1.82, 2.24) is 24.8 Å². The van der Waals surface area contributed by atoms with Crippen LogP contribution in [0.4, 0.5) is 4.39 Å². The van der Waals surface area contributed by atoms with Crippen molar-refractivity contribution in [2.45, 2.75) is 76.6 Å². The van der Waals surface area contributed by atoms with Crippen LogP contribution >= 0.6 is 34.5 Å². The van der Waals surface area contributed by atoms with E-state index < -0.39 is 23.6 Å². The molecule has 346 valence electrons. The van der Waals surface area contributed by atoms with Crippen LogP contribution in [0.2, 0.25) is 10.0 Å². The largest absolute Gasteiger partial charge is 0.490 e. The first-order chi connectivity index (χ1) is 31.8. The Kier molecular flexibility index (Phi) is 13.4. The van der Waals surface area contributed by atoms with Crippen molar-refractivity contribution < 1.29 is 33.6 Å². The highest BCUT2D eigenvalue weighted by Crippen LogP contribution is 2.53. The second-order valence-electron chi connectivity index (χ2n) is 17.9. The van der Waals surface area contributed by atoms with E-state index in [-0.39, 0.29) is 46.3 Å². The van der Waals surface area contributed by atoms with Gasteiger partial charge in [-0.05, 0) is 110 Å². The highest BCUT2D eigenvalue weighted by atomic mass is 35.5. The van der Waals surface area contributed by atoms with Crippen LogP contribution in [0.1, 0.15) is 72.4 Å². The summed E-state index contributed by atoms with van der Waals surface area (Å²) in [5, 5.41) is 22.2. The zero-order valence-corrected chi connectivity index (χ0v) is 39.4. The first-order valence-corrected chi connectivity index (χ1v) is 24.0. The average molecular weight is 957 g/mol. The smallest absolute Gasteiger partial charge is 0.307 e. The fraction of sp³-hybridized carbons (Fsp3) is 0.400. The highest BCUT2D eigenvalue weighted by molar-refractivity contribution is 7.22.